The summed E-state index contributed by atoms with van der Waals surface area (Å²) in [5, 5.41) is 4.45. The van der Waals surface area contributed by atoms with Crippen LogP contribution in [0.15, 0.2) is 39.8 Å². The Labute approximate surface area is 176 Å². The molecule has 0 amide bonds. The van der Waals surface area contributed by atoms with Crippen molar-refractivity contribution in [2.24, 2.45) is 0 Å². The summed E-state index contributed by atoms with van der Waals surface area (Å²) in [6.45, 7) is 8.61. The lowest BCUT2D eigenvalue weighted by Crippen LogP contribution is -2.33. The second-order valence-electron chi connectivity index (χ2n) is 7.21. The highest BCUT2D eigenvalue weighted by Gasteiger charge is 2.30. The molecule has 0 fully saturated rings. The van der Waals surface area contributed by atoms with Gasteiger partial charge in [0.15, 0.2) is 0 Å². The summed E-state index contributed by atoms with van der Waals surface area (Å²) >= 11 is 0. The van der Waals surface area contributed by atoms with E-state index in [0.29, 0.717) is 41.6 Å². The van der Waals surface area contributed by atoms with Crippen LogP contribution >= 0.6 is 0 Å². The fourth-order valence-corrected chi connectivity index (χ4v) is 5.44. The first-order valence-electron chi connectivity index (χ1n) is 10.0. The first-order chi connectivity index (χ1) is 14.3. The summed E-state index contributed by atoms with van der Waals surface area (Å²) < 4.78 is 48.3. The minimum atomic E-state index is -3.63. The van der Waals surface area contributed by atoms with Crippen molar-refractivity contribution in [1.29, 1.82) is 0 Å². The lowest BCUT2D eigenvalue weighted by molar-refractivity contribution is 0.409. The third-order valence-electron chi connectivity index (χ3n) is 4.81. The maximum absolute atomic E-state index is 13.2. The van der Waals surface area contributed by atoms with Gasteiger partial charge in [-0.2, -0.15) is 9.40 Å². The van der Waals surface area contributed by atoms with Gasteiger partial charge in [-0.05, 0) is 51.0 Å². The number of hydrogen-bond donors (Lipinski definition) is 0. The lowest BCUT2D eigenvalue weighted by atomic mass is 10.2. The van der Waals surface area contributed by atoms with Gasteiger partial charge in [-0.3, -0.25) is 4.68 Å². The molecule has 0 saturated heterocycles. The van der Waals surface area contributed by atoms with E-state index in [9.17, 15) is 12.8 Å². The van der Waals surface area contributed by atoms with Crippen LogP contribution < -0.4 is 0 Å². The Morgan fingerprint density at radius 3 is 2.33 bits per heavy atom. The van der Waals surface area contributed by atoms with Crippen LogP contribution in [0, 0.1) is 19.7 Å². The van der Waals surface area contributed by atoms with Crippen molar-refractivity contribution < 1.29 is 17.2 Å². The van der Waals surface area contributed by atoms with Gasteiger partial charge < -0.3 is 4.42 Å². The number of hydrogen-bond acceptors (Lipinski definition) is 5. The number of benzene rings is 1. The highest BCUT2D eigenvalue weighted by Crippen LogP contribution is 2.25. The van der Waals surface area contributed by atoms with E-state index in [1.807, 2.05) is 13.8 Å². The number of rotatable bonds is 9. The van der Waals surface area contributed by atoms with Crippen molar-refractivity contribution in [3.8, 4) is 11.5 Å². The number of aryl methyl sites for hydroxylation is 1. The molecular weight excluding hydrogens is 407 g/mol. The van der Waals surface area contributed by atoms with E-state index in [4.69, 9.17) is 4.42 Å². The van der Waals surface area contributed by atoms with E-state index in [-0.39, 0.29) is 17.3 Å². The third kappa shape index (κ3) is 4.46. The molecule has 0 aliphatic heterocycles. The fraction of sp³-hybridized carbons (Fsp3) is 0.429. The first kappa shape index (κ1) is 22.2. The van der Waals surface area contributed by atoms with Crippen LogP contribution in [0.1, 0.15) is 43.8 Å². The maximum atomic E-state index is 13.2. The summed E-state index contributed by atoms with van der Waals surface area (Å²) in [6, 6.07) is 5.87. The van der Waals surface area contributed by atoms with Crippen molar-refractivity contribution in [2.45, 2.75) is 52.0 Å². The van der Waals surface area contributed by atoms with E-state index in [1.54, 1.807) is 30.7 Å². The number of nitrogens with zero attached hydrogens (tertiary/aromatic N) is 4. The Bertz CT molecular complexity index is 1100. The highest BCUT2D eigenvalue weighted by molar-refractivity contribution is 7.89. The predicted molar refractivity (Wildman–Crippen MR) is 112 cm³/mol. The largest absolute Gasteiger partial charge is 0.444 e. The van der Waals surface area contributed by atoms with Gasteiger partial charge in [-0.1, -0.05) is 13.8 Å². The van der Waals surface area contributed by atoms with Crippen molar-refractivity contribution >= 4 is 10.0 Å². The molecule has 1 aromatic carbocycles. The van der Waals surface area contributed by atoms with Crippen LogP contribution in [-0.2, 0) is 16.6 Å². The fourth-order valence-electron chi connectivity index (χ4n) is 3.45. The molecule has 30 heavy (non-hydrogen) atoms. The topological polar surface area (TPSA) is 81.2 Å². The molecule has 0 spiro atoms. The molecule has 0 saturated carbocycles. The minimum Gasteiger partial charge on any atom is -0.444 e. The molecule has 0 N–H and O–H groups in total. The Kier molecular flexibility index (Phi) is 6.72. The standard InChI is InChI=1S/C21H27FN4O3S/c1-5-11-25(12-6-2)30(27,28)20-15(3)24-26(16(20)4)13-19-14-29-21(23-19)17-7-9-18(22)10-8-17/h7-10,14H,5-6,11-13H2,1-4H3. The van der Waals surface area contributed by atoms with Crippen molar-refractivity contribution in [2.75, 3.05) is 13.1 Å². The van der Waals surface area contributed by atoms with Gasteiger partial charge in [0, 0.05) is 18.7 Å². The zero-order valence-corrected chi connectivity index (χ0v) is 18.5. The monoisotopic (exact) mass is 434 g/mol. The SMILES string of the molecule is CCCN(CCC)S(=O)(=O)c1c(C)nn(Cc2coc(-c3ccc(F)cc3)n2)c1C. The molecule has 0 atom stereocenters. The smallest absolute Gasteiger partial charge is 0.246 e. The number of halogens is 1. The predicted octanol–water partition coefficient (Wildman–Crippen LogP) is 4.15. The summed E-state index contributed by atoms with van der Waals surface area (Å²) in [6.07, 6.45) is 3.00. The highest BCUT2D eigenvalue weighted by atomic mass is 32.2. The average molecular weight is 435 g/mol. The van der Waals surface area contributed by atoms with Crippen LogP contribution in [0.2, 0.25) is 0 Å². The number of sulfonamides is 1. The van der Waals surface area contributed by atoms with Crippen LogP contribution in [0.5, 0.6) is 0 Å². The van der Waals surface area contributed by atoms with Gasteiger partial charge in [0.25, 0.3) is 0 Å². The molecule has 0 aliphatic carbocycles. The molecule has 7 nitrogen and oxygen atoms in total. The maximum Gasteiger partial charge on any atom is 0.246 e. The van der Waals surface area contributed by atoms with Gasteiger partial charge in [0.2, 0.25) is 15.9 Å². The van der Waals surface area contributed by atoms with Crippen molar-refractivity contribution in [3.05, 3.63) is 53.4 Å². The minimum absolute atomic E-state index is 0.256. The summed E-state index contributed by atoms with van der Waals surface area (Å²) in [5.74, 6) is 0.0403. The van der Waals surface area contributed by atoms with E-state index < -0.39 is 10.0 Å². The molecule has 3 aromatic rings. The molecule has 162 valence electrons. The normalized spacial score (nSPS) is 12.1. The number of aromatic nitrogens is 3. The second-order valence-corrected chi connectivity index (χ2v) is 9.09. The van der Waals surface area contributed by atoms with Crippen molar-refractivity contribution in [3.63, 3.8) is 0 Å². The Balaban J connectivity index is 1.88. The third-order valence-corrected chi connectivity index (χ3v) is 6.97. The van der Waals surface area contributed by atoms with Crippen LogP contribution in [0.25, 0.3) is 11.5 Å². The van der Waals surface area contributed by atoms with E-state index in [0.717, 1.165) is 12.8 Å². The molecule has 2 heterocycles. The molecular formula is C21H27FN4O3S. The number of oxazole rings is 1. The van der Waals surface area contributed by atoms with Crippen LogP contribution in [-0.4, -0.2) is 40.6 Å². The Morgan fingerprint density at radius 1 is 1.10 bits per heavy atom. The lowest BCUT2D eigenvalue weighted by Gasteiger charge is -2.21. The molecule has 2 aromatic heterocycles. The van der Waals surface area contributed by atoms with Gasteiger partial charge in [0.05, 0.1) is 17.9 Å². The zero-order valence-electron chi connectivity index (χ0n) is 17.7. The molecule has 0 bridgehead atoms. The second kappa shape index (κ2) is 9.09. The Morgan fingerprint density at radius 2 is 1.73 bits per heavy atom. The van der Waals surface area contributed by atoms with Gasteiger partial charge in [0.1, 0.15) is 22.7 Å². The van der Waals surface area contributed by atoms with Crippen molar-refractivity contribution in [1.82, 2.24) is 19.1 Å². The zero-order chi connectivity index (χ0) is 21.9. The van der Waals surface area contributed by atoms with E-state index in [1.165, 1.54) is 22.7 Å². The van der Waals surface area contributed by atoms with Gasteiger partial charge >= 0.3 is 0 Å². The quantitative estimate of drug-likeness (QED) is 0.505. The Hall–Kier alpha value is -2.52. The van der Waals surface area contributed by atoms with E-state index >= 15 is 0 Å². The molecule has 3 rings (SSSR count). The summed E-state index contributed by atoms with van der Waals surface area (Å²) in [4.78, 5) is 4.69. The van der Waals surface area contributed by atoms with Gasteiger partial charge in [-0.25, -0.2) is 17.8 Å². The van der Waals surface area contributed by atoms with Crippen LogP contribution in [0.3, 0.4) is 0 Å². The van der Waals surface area contributed by atoms with Gasteiger partial charge in [-0.15, -0.1) is 0 Å². The van der Waals surface area contributed by atoms with E-state index in [2.05, 4.69) is 10.1 Å². The summed E-state index contributed by atoms with van der Waals surface area (Å²) in [5.41, 5.74) is 2.29. The molecule has 0 radical (unpaired) electrons. The molecule has 0 unspecified atom stereocenters. The van der Waals surface area contributed by atoms with Crippen LogP contribution in [0.4, 0.5) is 4.39 Å². The molecule has 0 aliphatic rings. The molecule has 9 heteroatoms. The summed E-state index contributed by atoms with van der Waals surface area (Å²) in [7, 11) is -3.63. The first-order valence-corrected chi connectivity index (χ1v) is 11.5. The average Bonchev–Trinajstić information content (AvgIpc) is 3.27.